The summed E-state index contributed by atoms with van der Waals surface area (Å²) < 4.78 is 0. The molecular formula is C14H13NO6. The molecular weight excluding hydrogens is 278 g/mol. The second kappa shape index (κ2) is 7.49. The number of fused-ring (bicyclic) bond motifs is 1. The molecule has 0 atom stereocenters. The van der Waals surface area contributed by atoms with Gasteiger partial charge in [0.15, 0.2) is 0 Å². The largest absolute Gasteiger partial charge is 0.478 e. The summed E-state index contributed by atoms with van der Waals surface area (Å²) in [6.07, 6.45) is 3.16. The minimum Gasteiger partial charge on any atom is -0.478 e. The highest BCUT2D eigenvalue weighted by molar-refractivity contribution is 5.90. The van der Waals surface area contributed by atoms with E-state index >= 15 is 0 Å². The van der Waals surface area contributed by atoms with Crippen molar-refractivity contribution in [1.29, 1.82) is 0 Å². The predicted molar refractivity (Wildman–Crippen MR) is 73.9 cm³/mol. The van der Waals surface area contributed by atoms with Gasteiger partial charge in [0.1, 0.15) is 0 Å². The lowest BCUT2D eigenvalue weighted by Gasteiger charge is -2.15. The highest BCUT2D eigenvalue weighted by atomic mass is 16.4. The number of carboxylic acids is 3. The maximum atomic E-state index is 10.7. The van der Waals surface area contributed by atoms with Crippen molar-refractivity contribution in [2.45, 2.75) is 6.42 Å². The Balaban J connectivity index is 0.000000240. The van der Waals surface area contributed by atoms with Gasteiger partial charge in [-0.2, -0.15) is 0 Å². The molecule has 1 aromatic rings. The predicted octanol–water partition coefficient (Wildman–Crippen LogP) is 1.33. The van der Waals surface area contributed by atoms with Crippen molar-refractivity contribution in [2.24, 2.45) is 0 Å². The molecule has 0 unspecified atom stereocenters. The van der Waals surface area contributed by atoms with Crippen LogP contribution in [0, 0.1) is 0 Å². The van der Waals surface area contributed by atoms with E-state index in [4.69, 9.17) is 15.3 Å². The summed E-state index contributed by atoms with van der Waals surface area (Å²) in [4.78, 5) is 29.8. The molecule has 0 saturated carbocycles. The number of rotatable bonds is 3. The van der Waals surface area contributed by atoms with Gasteiger partial charge in [0.05, 0.1) is 5.57 Å². The highest BCUT2D eigenvalue weighted by Crippen LogP contribution is 2.22. The van der Waals surface area contributed by atoms with Gasteiger partial charge in [-0.25, -0.2) is 14.4 Å². The van der Waals surface area contributed by atoms with E-state index in [-0.39, 0.29) is 0 Å². The maximum absolute atomic E-state index is 10.7. The summed E-state index contributed by atoms with van der Waals surface area (Å²) in [5.41, 5.74) is 2.42. The quantitative estimate of drug-likeness (QED) is 0.619. The van der Waals surface area contributed by atoms with E-state index in [1.165, 1.54) is 0 Å². The van der Waals surface area contributed by atoms with E-state index in [9.17, 15) is 14.4 Å². The first-order valence-corrected chi connectivity index (χ1v) is 5.81. The van der Waals surface area contributed by atoms with Crippen LogP contribution in [-0.2, 0) is 20.8 Å². The summed E-state index contributed by atoms with van der Waals surface area (Å²) in [5, 5.41) is 27.3. The van der Waals surface area contributed by atoms with Crippen LogP contribution >= 0.6 is 0 Å². The number of hydrogen-bond donors (Lipinski definition) is 4. The molecule has 21 heavy (non-hydrogen) atoms. The lowest BCUT2D eigenvalue weighted by Crippen LogP contribution is -2.11. The van der Waals surface area contributed by atoms with Crippen LogP contribution in [0.25, 0.3) is 0 Å². The summed E-state index contributed by atoms with van der Waals surface area (Å²) in [5.74, 6) is -3.37. The van der Waals surface area contributed by atoms with Gasteiger partial charge in [-0.3, -0.25) is 0 Å². The van der Waals surface area contributed by atoms with E-state index < -0.39 is 17.9 Å². The molecule has 1 aliphatic heterocycles. The summed E-state index contributed by atoms with van der Waals surface area (Å²) in [6, 6.07) is 7.69. The molecule has 1 aromatic carbocycles. The van der Waals surface area contributed by atoms with Crippen LogP contribution in [0.2, 0.25) is 0 Å². The molecule has 0 radical (unpaired) electrons. The Morgan fingerprint density at radius 3 is 2.10 bits per heavy atom. The van der Waals surface area contributed by atoms with E-state index in [2.05, 4.69) is 5.32 Å². The average molecular weight is 291 g/mol. The molecule has 0 aliphatic carbocycles. The third-order valence-electron chi connectivity index (χ3n) is 2.44. The number of nitrogens with one attached hydrogen (secondary N) is 1. The molecule has 110 valence electrons. The van der Waals surface area contributed by atoms with Gasteiger partial charge in [0.25, 0.3) is 0 Å². The lowest BCUT2D eigenvalue weighted by molar-refractivity contribution is -0.134. The molecule has 0 amide bonds. The number of carbonyl (C=O) groups is 3. The zero-order chi connectivity index (χ0) is 15.8. The fraction of sp³-hybridized carbons (Fsp3) is 0.0714. The zero-order valence-corrected chi connectivity index (χ0v) is 10.8. The molecule has 0 bridgehead atoms. The van der Waals surface area contributed by atoms with Crippen LogP contribution in [0.15, 0.2) is 48.2 Å². The van der Waals surface area contributed by atoms with Crippen molar-refractivity contribution in [3.63, 3.8) is 0 Å². The number of hydrogen-bond acceptors (Lipinski definition) is 4. The number of aliphatic carboxylic acids is 3. The van der Waals surface area contributed by atoms with Gasteiger partial charge in [0.2, 0.25) is 0 Å². The number of para-hydroxylation sites is 1. The smallest absolute Gasteiger partial charge is 0.333 e. The molecule has 4 N–H and O–H groups in total. The van der Waals surface area contributed by atoms with E-state index in [0.29, 0.717) is 24.1 Å². The van der Waals surface area contributed by atoms with Crippen LogP contribution in [0.5, 0.6) is 0 Å². The minimum atomic E-state index is -1.26. The highest BCUT2D eigenvalue weighted by Gasteiger charge is 2.14. The Kier molecular flexibility index (Phi) is 5.69. The van der Waals surface area contributed by atoms with Crippen molar-refractivity contribution in [1.82, 2.24) is 0 Å². The Hall–Kier alpha value is -3.09. The van der Waals surface area contributed by atoms with Crippen LogP contribution in [-0.4, -0.2) is 33.2 Å². The van der Waals surface area contributed by atoms with Gasteiger partial charge < -0.3 is 20.6 Å². The zero-order valence-electron chi connectivity index (χ0n) is 10.8. The van der Waals surface area contributed by atoms with Crippen molar-refractivity contribution in [3.8, 4) is 0 Å². The van der Waals surface area contributed by atoms with Crippen molar-refractivity contribution in [2.75, 3.05) is 5.32 Å². The van der Waals surface area contributed by atoms with Gasteiger partial charge in [-0.1, -0.05) is 18.2 Å². The molecule has 0 aromatic heterocycles. The molecule has 1 heterocycles. The second-order valence-electron chi connectivity index (χ2n) is 3.96. The molecule has 7 heteroatoms. The average Bonchev–Trinajstić information content (AvgIpc) is 2.45. The first-order chi connectivity index (χ1) is 9.90. The molecule has 1 aliphatic rings. The van der Waals surface area contributed by atoms with E-state index in [1.54, 1.807) is 6.20 Å². The first kappa shape index (κ1) is 16.0. The number of anilines is 1. The summed E-state index contributed by atoms with van der Waals surface area (Å²) in [7, 11) is 0. The van der Waals surface area contributed by atoms with Crippen molar-refractivity contribution >= 4 is 23.6 Å². The Morgan fingerprint density at radius 1 is 1.00 bits per heavy atom. The second-order valence-corrected chi connectivity index (χ2v) is 3.96. The molecule has 2 rings (SSSR count). The minimum absolute atomic E-state index is 0.402. The van der Waals surface area contributed by atoms with Crippen LogP contribution in [0.4, 0.5) is 5.69 Å². The Morgan fingerprint density at radius 2 is 1.57 bits per heavy atom. The summed E-state index contributed by atoms with van der Waals surface area (Å²) in [6.45, 7) is 0. The van der Waals surface area contributed by atoms with Crippen LogP contribution < -0.4 is 5.32 Å². The first-order valence-electron chi connectivity index (χ1n) is 5.81. The van der Waals surface area contributed by atoms with Gasteiger partial charge in [-0.05, 0) is 11.6 Å². The topological polar surface area (TPSA) is 124 Å². The van der Waals surface area contributed by atoms with E-state index in [0.717, 1.165) is 11.3 Å². The van der Waals surface area contributed by atoms with Crippen LogP contribution in [0.3, 0.4) is 0 Å². The monoisotopic (exact) mass is 291 g/mol. The SMILES string of the molecule is O=C(O)/C=C\C(=O)O.O=C(O)C1=CNc2ccccc2C1. The number of carboxylic acid groups (broad SMARTS) is 3. The van der Waals surface area contributed by atoms with Gasteiger partial charge in [0, 0.05) is 30.5 Å². The fourth-order valence-corrected chi connectivity index (χ4v) is 1.52. The normalized spacial score (nSPS) is 12.3. The molecule has 0 saturated heterocycles. The third kappa shape index (κ3) is 5.60. The lowest BCUT2D eigenvalue weighted by atomic mass is 10.0. The maximum Gasteiger partial charge on any atom is 0.333 e. The fourth-order valence-electron chi connectivity index (χ4n) is 1.52. The Bertz CT molecular complexity index is 602. The van der Waals surface area contributed by atoms with Crippen LogP contribution in [0.1, 0.15) is 5.56 Å². The molecule has 7 nitrogen and oxygen atoms in total. The van der Waals surface area contributed by atoms with Crippen molar-refractivity contribution < 1.29 is 29.7 Å². The summed E-state index contributed by atoms with van der Waals surface area (Å²) >= 11 is 0. The van der Waals surface area contributed by atoms with Crippen molar-refractivity contribution in [3.05, 3.63) is 53.8 Å². The number of benzene rings is 1. The molecule has 0 spiro atoms. The van der Waals surface area contributed by atoms with Gasteiger partial charge >= 0.3 is 17.9 Å². The Labute approximate surface area is 119 Å². The third-order valence-corrected chi connectivity index (χ3v) is 2.44. The molecule has 0 fully saturated rings. The van der Waals surface area contributed by atoms with Gasteiger partial charge in [-0.15, -0.1) is 0 Å². The standard InChI is InChI=1S/C10H9NO2.C4H4O4/c12-10(13)8-5-7-3-1-2-4-9(7)11-6-8;5-3(6)1-2-4(7)8/h1-4,6,11H,5H2,(H,12,13);1-2H,(H,5,6)(H,7,8)/b;2-1-. The van der Waals surface area contributed by atoms with E-state index in [1.807, 2.05) is 24.3 Å².